The Kier molecular flexibility index (Phi) is 5.61. The molecule has 1 aliphatic heterocycles. The molecule has 2 heterocycles. The summed E-state index contributed by atoms with van der Waals surface area (Å²) in [6.07, 6.45) is 5.72. The van der Waals surface area contributed by atoms with Crippen LogP contribution in [0.15, 0.2) is 35.7 Å². The minimum Gasteiger partial charge on any atom is -0.366 e. The Morgan fingerprint density at radius 1 is 1.29 bits per heavy atom. The van der Waals surface area contributed by atoms with Gasteiger partial charge in [-0.05, 0) is 37.6 Å². The van der Waals surface area contributed by atoms with Gasteiger partial charge in [0.1, 0.15) is 0 Å². The lowest BCUT2D eigenvalue weighted by Gasteiger charge is -2.14. The van der Waals surface area contributed by atoms with Crippen LogP contribution in [0.1, 0.15) is 18.4 Å². The van der Waals surface area contributed by atoms with E-state index in [2.05, 4.69) is 20.6 Å². The zero-order valence-electron chi connectivity index (χ0n) is 13.6. The summed E-state index contributed by atoms with van der Waals surface area (Å²) in [6, 6.07) is 7.91. The van der Waals surface area contributed by atoms with Gasteiger partial charge in [-0.2, -0.15) is 0 Å². The van der Waals surface area contributed by atoms with Crippen molar-refractivity contribution >= 4 is 28.5 Å². The minimum absolute atomic E-state index is 0.441. The van der Waals surface area contributed by atoms with E-state index in [1.54, 1.807) is 17.4 Å². The molecular weight excluding hydrogens is 320 g/mol. The van der Waals surface area contributed by atoms with E-state index in [0.717, 1.165) is 35.0 Å². The molecule has 0 aliphatic carbocycles. The number of carbonyl (C=O) groups excluding carboxylic acids is 1. The quantitative estimate of drug-likeness (QED) is 0.759. The molecule has 1 amide bonds. The Bertz CT molecular complexity index is 702. The standard InChI is InChI=1S/C18H22N4OS/c19-17(23)8-5-14-3-6-15(7-4-14)16-13-24-18(21-16)20-9-12-22-10-1-2-11-22/h3-8,13H,1-2,9-12H2,(H2,19,23)(H,20,21)/b8-5+. The van der Waals surface area contributed by atoms with Crippen molar-refractivity contribution in [2.45, 2.75) is 12.8 Å². The lowest BCUT2D eigenvalue weighted by Crippen LogP contribution is -2.25. The number of rotatable bonds is 7. The molecule has 0 saturated carbocycles. The number of nitrogens with two attached hydrogens (primary N) is 1. The molecule has 1 aromatic heterocycles. The third-order valence-corrected chi connectivity index (χ3v) is 4.85. The molecule has 126 valence electrons. The molecule has 1 saturated heterocycles. The summed E-state index contributed by atoms with van der Waals surface area (Å²) in [7, 11) is 0. The summed E-state index contributed by atoms with van der Waals surface area (Å²) in [6.45, 7) is 4.46. The maximum absolute atomic E-state index is 10.8. The van der Waals surface area contributed by atoms with Gasteiger partial charge in [0, 0.05) is 30.1 Å². The van der Waals surface area contributed by atoms with Crippen LogP contribution in [-0.4, -0.2) is 42.0 Å². The maximum Gasteiger partial charge on any atom is 0.241 e. The lowest BCUT2D eigenvalue weighted by atomic mass is 10.1. The monoisotopic (exact) mass is 342 g/mol. The number of amides is 1. The zero-order chi connectivity index (χ0) is 16.8. The largest absolute Gasteiger partial charge is 0.366 e. The Hall–Kier alpha value is -2.18. The fourth-order valence-electron chi connectivity index (χ4n) is 2.76. The smallest absolute Gasteiger partial charge is 0.241 e. The molecule has 0 bridgehead atoms. The lowest BCUT2D eigenvalue weighted by molar-refractivity contribution is -0.113. The van der Waals surface area contributed by atoms with Crippen LogP contribution in [0, 0.1) is 0 Å². The van der Waals surface area contributed by atoms with Crippen molar-refractivity contribution in [1.29, 1.82) is 0 Å². The van der Waals surface area contributed by atoms with E-state index in [9.17, 15) is 4.79 Å². The predicted molar refractivity (Wildman–Crippen MR) is 99.9 cm³/mol. The van der Waals surface area contributed by atoms with Gasteiger partial charge in [0.25, 0.3) is 0 Å². The van der Waals surface area contributed by atoms with Crippen molar-refractivity contribution < 1.29 is 4.79 Å². The Morgan fingerprint density at radius 2 is 2.04 bits per heavy atom. The molecule has 3 rings (SSSR count). The molecule has 3 N–H and O–H groups in total. The molecule has 0 radical (unpaired) electrons. The number of primary amides is 1. The number of hydrogen-bond donors (Lipinski definition) is 2. The molecule has 1 fully saturated rings. The average molecular weight is 342 g/mol. The maximum atomic E-state index is 10.8. The summed E-state index contributed by atoms with van der Waals surface area (Å²) in [4.78, 5) is 17.9. The van der Waals surface area contributed by atoms with Crippen molar-refractivity contribution in [3.63, 3.8) is 0 Å². The van der Waals surface area contributed by atoms with Gasteiger partial charge in [-0.3, -0.25) is 4.79 Å². The number of thiazole rings is 1. The molecule has 0 unspecified atom stereocenters. The first-order valence-electron chi connectivity index (χ1n) is 8.20. The number of hydrogen-bond acceptors (Lipinski definition) is 5. The number of aromatic nitrogens is 1. The number of anilines is 1. The SMILES string of the molecule is NC(=O)/C=C/c1ccc(-c2csc(NCCN3CCCC3)n2)cc1. The predicted octanol–water partition coefficient (Wildman–Crippen LogP) is 2.82. The van der Waals surface area contributed by atoms with E-state index in [1.807, 2.05) is 24.3 Å². The first-order chi connectivity index (χ1) is 11.7. The third-order valence-electron chi connectivity index (χ3n) is 4.05. The topological polar surface area (TPSA) is 71.2 Å². The number of likely N-dealkylation sites (tertiary alicyclic amines) is 1. The normalized spacial score (nSPS) is 15.2. The summed E-state index contributed by atoms with van der Waals surface area (Å²) in [5.41, 5.74) is 8.07. The second-order valence-electron chi connectivity index (χ2n) is 5.87. The molecule has 5 nitrogen and oxygen atoms in total. The Morgan fingerprint density at radius 3 is 2.75 bits per heavy atom. The highest BCUT2D eigenvalue weighted by Gasteiger charge is 2.11. The third kappa shape index (κ3) is 4.66. The van der Waals surface area contributed by atoms with E-state index in [0.29, 0.717) is 0 Å². The fraction of sp³-hybridized carbons (Fsp3) is 0.333. The van der Waals surface area contributed by atoms with Crippen LogP contribution in [0.3, 0.4) is 0 Å². The van der Waals surface area contributed by atoms with E-state index in [1.165, 1.54) is 32.0 Å². The first-order valence-corrected chi connectivity index (χ1v) is 9.08. The van der Waals surface area contributed by atoms with E-state index >= 15 is 0 Å². The summed E-state index contributed by atoms with van der Waals surface area (Å²) < 4.78 is 0. The van der Waals surface area contributed by atoms with Crippen LogP contribution < -0.4 is 11.1 Å². The molecule has 6 heteroatoms. The van der Waals surface area contributed by atoms with Gasteiger partial charge in [0.05, 0.1) is 5.69 Å². The molecule has 24 heavy (non-hydrogen) atoms. The average Bonchev–Trinajstić information content (AvgIpc) is 3.25. The van der Waals surface area contributed by atoms with Gasteiger partial charge in [-0.25, -0.2) is 4.98 Å². The Balaban J connectivity index is 1.55. The van der Waals surface area contributed by atoms with Gasteiger partial charge in [-0.1, -0.05) is 24.3 Å². The van der Waals surface area contributed by atoms with Gasteiger partial charge < -0.3 is 16.0 Å². The van der Waals surface area contributed by atoms with Crippen molar-refractivity contribution in [3.8, 4) is 11.3 Å². The first kappa shape index (κ1) is 16.7. The fourth-order valence-corrected chi connectivity index (χ4v) is 3.51. The molecule has 0 atom stereocenters. The van der Waals surface area contributed by atoms with E-state index in [-0.39, 0.29) is 0 Å². The number of benzene rings is 1. The zero-order valence-corrected chi connectivity index (χ0v) is 14.4. The molecule has 0 spiro atoms. The molecule has 1 aromatic carbocycles. The number of nitrogens with zero attached hydrogens (tertiary/aromatic N) is 2. The van der Waals surface area contributed by atoms with Crippen LogP contribution in [0.4, 0.5) is 5.13 Å². The van der Waals surface area contributed by atoms with Crippen LogP contribution in [0.25, 0.3) is 17.3 Å². The highest BCUT2D eigenvalue weighted by molar-refractivity contribution is 7.14. The van der Waals surface area contributed by atoms with Crippen LogP contribution in [-0.2, 0) is 4.79 Å². The van der Waals surface area contributed by atoms with Crippen LogP contribution >= 0.6 is 11.3 Å². The highest BCUT2D eigenvalue weighted by atomic mass is 32.1. The number of carbonyl (C=O) groups is 1. The minimum atomic E-state index is -0.441. The molecule has 2 aromatic rings. The summed E-state index contributed by atoms with van der Waals surface area (Å²) >= 11 is 1.63. The molecular formula is C18H22N4OS. The van der Waals surface area contributed by atoms with Crippen molar-refractivity contribution in [3.05, 3.63) is 41.3 Å². The van der Waals surface area contributed by atoms with Crippen LogP contribution in [0.5, 0.6) is 0 Å². The van der Waals surface area contributed by atoms with Gasteiger partial charge in [0.15, 0.2) is 5.13 Å². The van der Waals surface area contributed by atoms with Gasteiger partial charge >= 0.3 is 0 Å². The highest BCUT2D eigenvalue weighted by Crippen LogP contribution is 2.25. The van der Waals surface area contributed by atoms with Crippen molar-refractivity contribution in [2.75, 3.05) is 31.5 Å². The van der Waals surface area contributed by atoms with Gasteiger partial charge in [0.2, 0.25) is 5.91 Å². The Labute approximate surface area is 146 Å². The second kappa shape index (κ2) is 8.08. The van der Waals surface area contributed by atoms with E-state index in [4.69, 9.17) is 5.73 Å². The number of nitrogens with one attached hydrogen (secondary N) is 1. The van der Waals surface area contributed by atoms with Crippen molar-refractivity contribution in [1.82, 2.24) is 9.88 Å². The second-order valence-corrected chi connectivity index (χ2v) is 6.73. The van der Waals surface area contributed by atoms with E-state index < -0.39 is 5.91 Å². The molecule has 1 aliphatic rings. The van der Waals surface area contributed by atoms with Gasteiger partial charge in [-0.15, -0.1) is 11.3 Å². The van der Waals surface area contributed by atoms with Crippen LogP contribution in [0.2, 0.25) is 0 Å². The summed E-state index contributed by atoms with van der Waals surface area (Å²) in [5, 5.41) is 6.43. The summed E-state index contributed by atoms with van der Waals surface area (Å²) in [5.74, 6) is -0.441. The van der Waals surface area contributed by atoms with Crippen molar-refractivity contribution in [2.24, 2.45) is 5.73 Å².